The van der Waals surface area contributed by atoms with Crippen molar-refractivity contribution < 1.29 is 5.11 Å². The summed E-state index contributed by atoms with van der Waals surface area (Å²) in [5.41, 5.74) is 0.0478. The summed E-state index contributed by atoms with van der Waals surface area (Å²) in [5, 5.41) is 8.98. The Morgan fingerprint density at radius 2 is 2.50 bits per heavy atom. The molecule has 0 spiro atoms. The number of allylic oxidation sites excluding steroid dienone is 4. The molecule has 1 N–H and O–H groups in total. The molecule has 0 saturated heterocycles. The zero-order chi connectivity index (χ0) is 7.61. The second-order valence-corrected chi connectivity index (χ2v) is 2.88. The van der Waals surface area contributed by atoms with Crippen LogP contribution in [0, 0.1) is 5.41 Å². The van der Waals surface area contributed by atoms with Gasteiger partial charge in [-0.15, -0.1) is 6.58 Å². The first-order valence-electron chi connectivity index (χ1n) is 3.38. The molecule has 1 rings (SSSR count). The zero-order valence-electron chi connectivity index (χ0n) is 6.17. The van der Waals surface area contributed by atoms with Crippen molar-refractivity contribution in [1.29, 1.82) is 0 Å². The lowest BCUT2D eigenvalue weighted by Gasteiger charge is -2.21. The maximum atomic E-state index is 8.98. The Bertz CT molecular complexity index is 201. The van der Waals surface area contributed by atoms with Crippen molar-refractivity contribution in [1.82, 2.24) is 0 Å². The topological polar surface area (TPSA) is 20.2 Å². The van der Waals surface area contributed by atoms with E-state index in [1.165, 1.54) is 0 Å². The maximum absolute atomic E-state index is 8.98. The molecular weight excluding hydrogens is 124 g/mol. The van der Waals surface area contributed by atoms with E-state index in [1.54, 1.807) is 6.08 Å². The van der Waals surface area contributed by atoms with Gasteiger partial charge in [0.15, 0.2) is 0 Å². The normalized spacial score (nSPS) is 31.5. The molecule has 1 aliphatic rings. The van der Waals surface area contributed by atoms with Gasteiger partial charge in [0.1, 0.15) is 5.76 Å². The molecule has 1 aliphatic carbocycles. The second-order valence-electron chi connectivity index (χ2n) is 2.88. The summed E-state index contributed by atoms with van der Waals surface area (Å²) in [6.45, 7) is 5.80. The van der Waals surface area contributed by atoms with E-state index in [2.05, 4.69) is 13.5 Å². The number of aliphatic hydroxyl groups excluding tert-OH is 1. The van der Waals surface area contributed by atoms with Crippen LogP contribution in [0.5, 0.6) is 0 Å². The molecule has 0 aromatic carbocycles. The third kappa shape index (κ3) is 1.29. The van der Waals surface area contributed by atoms with Crippen molar-refractivity contribution >= 4 is 0 Å². The van der Waals surface area contributed by atoms with E-state index in [-0.39, 0.29) is 5.41 Å². The Morgan fingerprint density at radius 3 is 2.90 bits per heavy atom. The van der Waals surface area contributed by atoms with Crippen LogP contribution in [-0.2, 0) is 0 Å². The molecular formula is C9H12O. The highest BCUT2D eigenvalue weighted by Crippen LogP contribution is 2.29. The second kappa shape index (κ2) is 2.33. The molecule has 1 nitrogen and oxygen atoms in total. The van der Waals surface area contributed by atoms with E-state index in [1.807, 2.05) is 18.2 Å². The largest absolute Gasteiger partial charge is 0.508 e. The van der Waals surface area contributed by atoms with E-state index in [9.17, 15) is 0 Å². The fourth-order valence-electron chi connectivity index (χ4n) is 0.888. The Balaban J connectivity index is 2.76. The van der Waals surface area contributed by atoms with Crippen LogP contribution < -0.4 is 0 Å². The fraction of sp³-hybridized carbons (Fsp3) is 0.333. The van der Waals surface area contributed by atoms with Gasteiger partial charge in [0.05, 0.1) is 0 Å². The average molecular weight is 136 g/mol. The first-order chi connectivity index (χ1) is 4.66. The molecule has 1 heteroatoms. The van der Waals surface area contributed by atoms with E-state index in [0.29, 0.717) is 5.76 Å². The molecule has 10 heavy (non-hydrogen) atoms. The predicted octanol–water partition coefficient (Wildman–Crippen LogP) is 2.58. The average Bonchev–Trinajstić information content (AvgIpc) is 1.96. The molecule has 0 heterocycles. The third-order valence-electron chi connectivity index (χ3n) is 1.85. The van der Waals surface area contributed by atoms with Crippen LogP contribution >= 0.6 is 0 Å². The molecule has 0 aromatic rings. The van der Waals surface area contributed by atoms with Crippen molar-refractivity contribution in [2.24, 2.45) is 5.41 Å². The van der Waals surface area contributed by atoms with Crippen molar-refractivity contribution in [2.75, 3.05) is 0 Å². The van der Waals surface area contributed by atoms with E-state index in [0.717, 1.165) is 6.42 Å². The summed E-state index contributed by atoms with van der Waals surface area (Å²) >= 11 is 0. The van der Waals surface area contributed by atoms with E-state index >= 15 is 0 Å². The van der Waals surface area contributed by atoms with Gasteiger partial charge < -0.3 is 5.11 Å². The Labute approximate surface area is 61.4 Å². The zero-order valence-corrected chi connectivity index (χ0v) is 6.17. The summed E-state index contributed by atoms with van der Waals surface area (Å²) in [6.07, 6.45) is 8.23. The van der Waals surface area contributed by atoms with Gasteiger partial charge in [-0.3, -0.25) is 0 Å². The van der Waals surface area contributed by atoms with Crippen molar-refractivity contribution in [3.63, 3.8) is 0 Å². The van der Waals surface area contributed by atoms with Gasteiger partial charge in [0.2, 0.25) is 0 Å². The van der Waals surface area contributed by atoms with Crippen LogP contribution in [0.2, 0.25) is 0 Å². The summed E-state index contributed by atoms with van der Waals surface area (Å²) < 4.78 is 0. The first-order valence-corrected chi connectivity index (χ1v) is 3.38. The van der Waals surface area contributed by atoms with Crippen LogP contribution in [0.3, 0.4) is 0 Å². The van der Waals surface area contributed by atoms with Gasteiger partial charge in [-0.1, -0.05) is 19.1 Å². The summed E-state index contributed by atoms with van der Waals surface area (Å²) in [4.78, 5) is 0. The standard InChI is InChI=1S/C9H12O/c1-3-9(2)6-4-8(10)5-7-9/h3-6,10H,1,7H2,2H3. The minimum Gasteiger partial charge on any atom is -0.508 e. The molecule has 0 bridgehead atoms. The predicted molar refractivity (Wildman–Crippen MR) is 42.8 cm³/mol. The molecule has 0 saturated carbocycles. The van der Waals surface area contributed by atoms with Gasteiger partial charge in [-0.05, 0) is 18.6 Å². The SMILES string of the molecule is C=CC1(C)C=CC(O)=CC1. The summed E-state index contributed by atoms with van der Waals surface area (Å²) in [7, 11) is 0. The van der Waals surface area contributed by atoms with Crippen LogP contribution in [0.1, 0.15) is 13.3 Å². The quantitative estimate of drug-likeness (QED) is 0.549. The van der Waals surface area contributed by atoms with E-state index in [4.69, 9.17) is 5.11 Å². The first kappa shape index (κ1) is 7.13. The maximum Gasteiger partial charge on any atom is 0.111 e. The van der Waals surface area contributed by atoms with Crippen LogP contribution in [0.25, 0.3) is 0 Å². The van der Waals surface area contributed by atoms with Gasteiger partial charge in [0.25, 0.3) is 0 Å². The lowest BCUT2D eigenvalue weighted by molar-refractivity contribution is 0.412. The van der Waals surface area contributed by atoms with Gasteiger partial charge in [-0.25, -0.2) is 0 Å². The van der Waals surface area contributed by atoms with Gasteiger partial charge in [0, 0.05) is 5.41 Å². The molecule has 0 radical (unpaired) electrons. The fourth-order valence-corrected chi connectivity index (χ4v) is 0.888. The number of rotatable bonds is 1. The molecule has 54 valence electrons. The highest BCUT2D eigenvalue weighted by Gasteiger charge is 2.17. The number of hydrogen-bond donors (Lipinski definition) is 1. The minimum absolute atomic E-state index is 0.0478. The monoisotopic (exact) mass is 136 g/mol. The molecule has 0 aromatic heterocycles. The van der Waals surface area contributed by atoms with Crippen molar-refractivity contribution in [2.45, 2.75) is 13.3 Å². The van der Waals surface area contributed by atoms with Crippen LogP contribution in [-0.4, -0.2) is 5.11 Å². The lowest BCUT2D eigenvalue weighted by Crippen LogP contribution is -2.10. The molecule has 0 aliphatic heterocycles. The third-order valence-corrected chi connectivity index (χ3v) is 1.85. The summed E-state index contributed by atoms with van der Waals surface area (Å²) in [6, 6.07) is 0. The molecule has 1 atom stereocenters. The highest BCUT2D eigenvalue weighted by atomic mass is 16.3. The van der Waals surface area contributed by atoms with Gasteiger partial charge in [-0.2, -0.15) is 0 Å². The Morgan fingerprint density at radius 1 is 1.80 bits per heavy atom. The molecule has 0 fully saturated rings. The van der Waals surface area contributed by atoms with Crippen molar-refractivity contribution in [3.8, 4) is 0 Å². The van der Waals surface area contributed by atoms with Crippen molar-refractivity contribution in [3.05, 3.63) is 36.6 Å². The smallest absolute Gasteiger partial charge is 0.111 e. The minimum atomic E-state index is 0.0478. The summed E-state index contributed by atoms with van der Waals surface area (Å²) in [5.74, 6) is 0.360. The highest BCUT2D eigenvalue weighted by molar-refractivity contribution is 5.23. The Hall–Kier alpha value is -0.980. The molecule has 0 amide bonds. The lowest BCUT2D eigenvalue weighted by atomic mass is 9.84. The van der Waals surface area contributed by atoms with E-state index < -0.39 is 0 Å². The molecule has 1 unspecified atom stereocenters. The Kier molecular flexibility index (Phi) is 1.66. The number of aliphatic hydroxyl groups is 1. The van der Waals surface area contributed by atoms with Crippen LogP contribution in [0.4, 0.5) is 0 Å². The van der Waals surface area contributed by atoms with Gasteiger partial charge >= 0.3 is 0 Å². The number of hydrogen-bond acceptors (Lipinski definition) is 1. The van der Waals surface area contributed by atoms with Crippen LogP contribution in [0.15, 0.2) is 36.6 Å².